The number of carbonyl (C=O) groups excluding carboxylic acids is 1. The van der Waals surface area contributed by atoms with Crippen LogP contribution >= 0.6 is 0 Å². The van der Waals surface area contributed by atoms with Crippen LogP contribution in [-0.2, 0) is 4.74 Å². The molecule has 3 rings (SSSR count). The SMILES string of the molecule is CCNc1ccc2c(c1)C(CC1CN(C(=O)OC(C)(C)C)C=N1)CCO2. The zero-order chi connectivity index (χ0) is 18.7. The summed E-state index contributed by atoms with van der Waals surface area (Å²) in [5, 5.41) is 3.36. The monoisotopic (exact) mass is 359 g/mol. The van der Waals surface area contributed by atoms with E-state index in [4.69, 9.17) is 9.47 Å². The maximum atomic E-state index is 12.2. The van der Waals surface area contributed by atoms with E-state index >= 15 is 0 Å². The molecule has 0 fully saturated rings. The van der Waals surface area contributed by atoms with Gasteiger partial charge in [0.05, 0.1) is 25.5 Å². The number of nitrogens with one attached hydrogen (secondary N) is 1. The van der Waals surface area contributed by atoms with Gasteiger partial charge in [0, 0.05) is 12.2 Å². The van der Waals surface area contributed by atoms with Gasteiger partial charge in [-0.3, -0.25) is 9.89 Å². The molecule has 26 heavy (non-hydrogen) atoms. The minimum Gasteiger partial charge on any atom is -0.493 e. The fourth-order valence-corrected chi connectivity index (χ4v) is 3.43. The number of anilines is 1. The van der Waals surface area contributed by atoms with Crippen molar-refractivity contribution in [3.8, 4) is 5.75 Å². The van der Waals surface area contributed by atoms with E-state index < -0.39 is 5.60 Å². The van der Waals surface area contributed by atoms with Gasteiger partial charge in [-0.1, -0.05) is 0 Å². The van der Waals surface area contributed by atoms with Crippen LogP contribution in [0.2, 0.25) is 0 Å². The molecule has 0 aromatic heterocycles. The molecule has 0 bridgehead atoms. The molecular weight excluding hydrogens is 330 g/mol. The van der Waals surface area contributed by atoms with Crippen LogP contribution in [-0.4, -0.2) is 48.7 Å². The Balaban J connectivity index is 1.64. The number of nitrogens with zero attached hydrogens (tertiary/aromatic N) is 2. The molecule has 1 N–H and O–H groups in total. The molecule has 0 saturated carbocycles. The number of rotatable bonds is 4. The van der Waals surface area contributed by atoms with Crippen LogP contribution < -0.4 is 10.1 Å². The average Bonchev–Trinajstić information content (AvgIpc) is 3.03. The van der Waals surface area contributed by atoms with E-state index in [1.54, 1.807) is 11.2 Å². The van der Waals surface area contributed by atoms with Crippen molar-refractivity contribution in [2.24, 2.45) is 4.99 Å². The molecular formula is C20H29N3O3. The average molecular weight is 359 g/mol. The second-order valence-electron chi connectivity index (χ2n) is 7.90. The molecule has 2 aliphatic rings. The summed E-state index contributed by atoms with van der Waals surface area (Å²) in [6.45, 7) is 9.90. The van der Waals surface area contributed by atoms with Gasteiger partial charge in [-0.25, -0.2) is 4.79 Å². The molecule has 1 aromatic carbocycles. The van der Waals surface area contributed by atoms with Gasteiger partial charge < -0.3 is 14.8 Å². The summed E-state index contributed by atoms with van der Waals surface area (Å²) in [6, 6.07) is 6.39. The van der Waals surface area contributed by atoms with E-state index in [0.717, 1.165) is 37.4 Å². The van der Waals surface area contributed by atoms with Crippen LogP contribution in [0.25, 0.3) is 0 Å². The first kappa shape index (κ1) is 18.5. The number of ether oxygens (including phenoxy) is 2. The summed E-state index contributed by atoms with van der Waals surface area (Å²) in [5.74, 6) is 1.35. The van der Waals surface area contributed by atoms with Crippen molar-refractivity contribution >= 4 is 18.1 Å². The van der Waals surface area contributed by atoms with Gasteiger partial charge in [0.25, 0.3) is 0 Å². The first-order valence-corrected chi connectivity index (χ1v) is 9.39. The predicted molar refractivity (Wildman–Crippen MR) is 103 cm³/mol. The lowest BCUT2D eigenvalue weighted by Gasteiger charge is -2.28. The fraction of sp³-hybridized carbons (Fsp3) is 0.600. The van der Waals surface area contributed by atoms with Gasteiger partial charge in [0.2, 0.25) is 0 Å². The van der Waals surface area contributed by atoms with E-state index in [1.807, 2.05) is 26.8 Å². The first-order chi connectivity index (χ1) is 12.4. The summed E-state index contributed by atoms with van der Waals surface area (Å²) < 4.78 is 11.2. The summed E-state index contributed by atoms with van der Waals surface area (Å²) in [5.41, 5.74) is 1.86. The molecule has 0 spiro atoms. The Labute approximate surface area is 155 Å². The quantitative estimate of drug-likeness (QED) is 0.882. The van der Waals surface area contributed by atoms with Gasteiger partial charge in [0.1, 0.15) is 11.4 Å². The first-order valence-electron chi connectivity index (χ1n) is 9.39. The van der Waals surface area contributed by atoms with Gasteiger partial charge in [-0.05, 0) is 70.2 Å². The molecule has 2 unspecified atom stereocenters. The third kappa shape index (κ3) is 4.48. The number of benzene rings is 1. The number of hydrogen-bond acceptors (Lipinski definition) is 5. The zero-order valence-corrected chi connectivity index (χ0v) is 16.1. The normalized spacial score (nSPS) is 21.9. The van der Waals surface area contributed by atoms with E-state index in [-0.39, 0.29) is 12.1 Å². The standard InChI is InChI=1S/C20H29N3O3/c1-5-21-15-6-7-18-17(11-15)14(8-9-25-18)10-16-12-23(13-22-16)19(24)26-20(2,3)4/h6-7,11,13-14,16,21H,5,8-10,12H2,1-4H3. The van der Waals surface area contributed by atoms with Crippen molar-refractivity contribution < 1.29 is 14.3 Å². The van der Waals surface area contributed by atoms with Gasteiger partial charge >= 0.3 is 6.09 Å². The van der Waals surface area contributed by atoms with E-state index in [0.29, 0.717) is 12.5 Å². The number of hydrogen-bond donors (Lipinski definition) is 1. The second-order valence-corrected chi connectivity index (χ2v) is 7.90. The third-order valence-corrected chi connectivity index (χ3v) is 4.56. The van der Waals surface area contributed by atoms with E-state index in [1.165, 1.54) is 5.56 Å². The fourth-order valence-electron chi connectivity index (χ4n) is 3.43. The van der Waals surface area contributed by atoms with Crippen molar-refractivity contribution in [2.75, 3.05) is 25.0 Å². The second kappa shape index (κ2) is 7.56. The number of aliphatic imine (C=N–C) groups is 1. The Morgan fingerprint density at radius 1 is 1.42 bits per heavy atom. The molecule has 2 heterocycles. The molecule has 1 amide bonds. The highest BCUT2D eigenvalue weighted by Gasteiger charge is 2.31. The topological polar surface area (TPSA) is 63.2 Å². The highest BCUT2D eigenvalue weighted by atomic mass is 16.6. The molecule has 0 radical (unpaired) electrons. The van der Waals surface area contributed by atoms with Crippen molar-refractivity contribution in [3.05, 3.63) is 23.8 Å². The predicted octanol–water partition coefficient (Wildman–Crippen LogP) is 4.02. The summed E-state index contributed by atoms with van der Waals surface area (Å²) in [7, 11) is 0. The van der Waals surface area contributed by atoms with Crippen LogP contribution in [0.15, 0.2) is 23.2 Å². The molecule has 1 aromatic rings. The van der Waals surface area contributed by atoms with Crippen LogP contribution in [0.5, 0.6) is 5.75 Å². The maximum Gasteiger partial charge on any atom is 0.415 e. The van der Waals surface area contributed by atoms with E-state index in [9.17, 15) is 4.79 Å². The Kier molecular flexibility index (Phi) is 5.39. The van der Waals surface area contributed by atoms with Crippen molar-refractivity contribution in [1.82, 2.24) is 4.90 Å². The Morgan fingerprint density at radius 3 is 2.96 bits per heavy atom. The highest BCUT2D eigenvalue weighted by molar-refractivity contribution is 5.84. The summed E-state index contributed by atoms with van der Waals surface area (Å²) >= 11 is 0. The number of carbonyl (C=O) groups is 1. The van der Waals surface area contributed by atoms with Crippen LogP contribution in [0.3, 0.4) is 0 Å². The molecule has 0 saturated heterocycles. The number of amides is 1. The minimum absolute atomic E-state index is 0.0984. The third-order valence-electron chi connectivity index (χ3n) is 4.56. The Bertz CT molecular complexity index is 681. The van der Waals surface area contributed by atoms with Crippen molar-refractivity contribution in [2.45, 2.75) is 58.1 Å². The number of fused-ring (bicyclic) bond motifs is 1. The molecule has 0 aliphatic carbocycles. The van der Waals surface area contributed by atoms with Crippen molar-refractivity contribution in [3.63, 3.8) is 0 Å². The molecule has 2 atom stereocenters. The van der Waals surface area contributed by atoms with Crippen LogP contribution in [0.4, 0.5) is 10.5 Å². The van der Waals surface area contributed by atoms with Crippen molar-refractivity contribution in [1.29, 1.82) is 0 Å². The molecule has 6 nitrogen and oxygen atoms in total. The van der Waals surface area contributed by atoms with Crippen LogP contribution in [0, 0.1) is 0 Å². The Hall–Kier alpha value is -2.24. The lowest BCUT2D eigenvalue weighted by Crippen LogP contribution is -2.36. The zero-order valence-electron chi connectivity index (χ0n) is 16.1. The lowest BCUT2D eigenvalue weighted by atomic mass is 9.87. The van der Waals surface area contributed by atoms with Gasteiger partial charge in [0.15, 0.2) is 0 Å². The highest BCUT2D eigenvalue weighted by Crippen LogP contribution is 2.39. The minimum atomic E-state index is -0.495. The summed E-state index contributed by atoms with van der Waals surface area (Å²) in [4.78, 5) is 18.3. The van der Waals surface area contributed by atoms with Crippen LogP contribution in [0.1, 0.15) is 52.0 Å². The molecule has 142 valence electrons. The smallest absolute Gasteiger partial charge is 0.415 e. The molecule has 2 aliphatic heterocycles. The molecule has 6 heteroatoms. The summed E-state index contributed by atoms with van der Waals surface area (Å²) in [6.07, 6.45) is 3.17. The maximum absolute atomic E-state index is 12.2. The van der Waals surface area contributed by atoms with E-state index in [2.05, 4.69) is 29.4 Å². The largest absolute Gasteiger partial charge is 0.493 e. The lowest BCUT2D eigenvalue weighted by molar-refractivity contribution is 0.0381. The van der Waals surface area contributed by atoms with Gasteiger partial charge in [-0.2, -0.15) is 0 Å². The van der Waals surface area contributed by atoms with Gasteiger partial charge in [-0.15, -0.1) is 0 Å². The Morgan fingerprint density at radius 2 is 2.23 bits per heavy atom.